The summed E-state index contributed by atoms with van der Waals surface area (Å²) >= 11 is 1.27. The van der Waals surface area contributed by atoms with Gasteiger partial charge in [-0.15, -0.1) is 10.2 Å². The second-order valence-corrected chi connectivity index (χ2v) is 6.01. The van der Waals surface area contributed by atoms with Gasteiger partial charge in [0.2, 0.25) is 5.13 Å². The Hall–Kier alpha value is -1.95. The molecule has 1 N–H and O–H groups in total. The van der Waals surface area contributed by atoms with Crippen molar-refractivity contribution in [2.75, 3.05) is 5.32 Å². The highest BCUT2D eigenvalue weighted by molar-refractivity contribution is 7.13. The van der Waals surface area contributed by atoms with Crippen LogP contribution in [-0.4, -0.2) is 22.2 Å². The van der Waals surface area contributed by atoms with Crippen LogP contribution in [0.2, 0.25) is 0 Å². The van der Waals surface area contributed by atoms with Crippen molar-refractivity contribution in [2.45, 2.75) is 39.7 Å². The molecule has 1 aromatic heterocycles. The van der Waals surface area contributed by atoms with Gasteiger partial charge in [0.05, 0.1) is 0 Å². The fraction of sp³-hybridized carbons (Fsp3) is 0.400. The highest BCUT2D eigenvalue weighted by Gasteiger charge is 2.17. The zero-order valence-corrected chi connectivity index (χ0v) is 13.4. The van der Waals surface area contributed by atoms with Crippen molar-refractivity contribution < 1.29 is 9.53 Å². The van der Waals surface area contributed by atoms with Crippen LogP contribution in [0.15, 0.2) is 23.7 Å². The number of aryl methyl sites for hydroxylation is 1. The van der Waals surface area contributed by atoms with E-state index in [1.54, 1.807) is 12.4 Å². The lowest BCUT2D eigenvalue weighted by molar-refractivity contribution is -0.122. The number of rotatable bonds is 5. The van der Waals surface area contributed by atoms with Gasteiger partial charge in [-0.3, -0.25) is 10.1 Å². The quantitative estimate of drug-likeness (QED) is 0.920. The lowest BCUT2D eigenvalue weighted by Crippen LogP contribution is -2.30. The lowest BCUT2D eigenvalue weighted by Gasteiger charge is -2.17. The van der Waals surface area contributed by atoms with Crippen molar-refractivity contribution >= 4 is 22.4 Å². The Labute approximate surface area is 128 Å². The lowest BCUT2D eigenvalue weighted by atomic mass is 10.0. The second kappa shape index (κ2) is 6.67. The Morgan fingerprint density at radius 2 is 2.10 bits per heavy atom. The van der Waals surface area contributed by atoms with E-state index in [0.29, 0.717) is 11.0 Å². The average Bonchev–Trinajstić information content (AvgIpc) is 2.93. The van der Waals surface area contributed by atoms with E-state index in [1.165, 1.54) is 16.9 Å². The molecule has 0 radical (unpaired) electrons. The summed E-state index contributed by atoms with van der Waals surface area (Å²) < 4.78 is 5.79. The number of nitrogens with zero attached hydrogens (tertiary/aromatic N) is 2. The molecule has 1 amide bonds. The monoisotopic (exact) mass is 305 g/mol. The summed E-state index contributed by atoms with van der Waals surface area (Å²) in [4.78, 5) is 12.0. The highest BCUT2D eigenvalue weighted by atomic mass is 32.1. The number of carbonyl (C=O) groups is 1. The third-order valence-corrected chi connectivity index (χ3v) is 3.75. The van der Waals surface area contributed by atoms with Gasteiger partial charge in [-0.05, 0) is 37.0 Å². The third-order valence-electron chi connectivity index (χ3n) is 3.14. The van der Waals surface area contributed by atoms with Gasteiger partial charge >= 0.3 is 0 Å². The van der Waals surface area contributed by atoms with Gasteiger partial charge in [0.25, 0.3) is 5.91 Å². The van der Waals surface area contributed by atoms with Gasteiger partial charge in [0.15, 0.2) is 6.10 Å². The molecule has 0 saturated carbocycles. The summed E-state index contributed by atoms with van der Waals surface area (Å²) in [7, 11) is 0. The number of hydrogen-bond donors (Lipinski definition) is 1. The maximum absolute atomic E-state index is 12.0. The molecule has 1 unspecified atom stereocenters. The SMILES string of the molecule is Cc1ccc(C(C)C)cc1OC(C)C(=O)Nc1nncs1. The van der Waals surface area contributed by atoms with E-state index in [0.717, 1.165) is 11.3 Å². The van der Waals surface area contributed by atoms with Crippen LogP contribution in [0.3, 0.4) is 0 Å². The van der Waals surface area contributed by atoms with Crippen molar-refractivity contribution in [1.82, 2.24) is 10.2 Å². The topological polar surface area (TPSA) is 64.1 Å². The van der Waals surface area contributed by atoms with Crippen molar-refractivity contribution in [3.8, 4) is 5.75 Å². The molecular formula is C15H19N3O2S. The molecule has 1 atom stereocenters. The molecule has 112 valence electrons. The zero-order valence-electron chi connectivity index (χ0n) is 12.6. The summed E-state index contributed by atoms with van der Waals surface area (Å²) in [5.41, 5.74) is 3.76. The van der Waals surface area contributed by atoms with Crippen molar-refractivity contribution in [1.29, 1.82) is 0 Å². The predicted octanol–water partition coefficient (Wildman–Crippen LogP) is 3.38. The standard InChI is InChI=1S/C15H19N3O2S/c1-9(2)12-6-5-10(3)13(7-12)20-11(4)14(19)17-15-18-16-8-21-15/h5-9,11H,1-4H3,(H,17,18,19). The van der Waals surface area contributed by atoms with Crippen LogP contribution in [0.5, 0.6) is 5.75 Å². The number of aromatic nitrogens is 2. The first-order valence-electron chi connectivity index (χ1n) is 6.81. The van der Waals surface area contributed by atoms with Crippen molar-refractivity contribution in [2.24, 2.45) is 0 Å². The fourth-order valence-corrected chi connectivity index (χ4v) is 2.23. The molecule has 0 fully saturated rings. The Morgan fingerprint density at radius 1 is 1.33 bits per heavy atom. The molecular weight excluding hydrogens is 286 g/mol. The molecule has 0 bridgehead atoms. The molecule has 2 rings (SSSR count). The minimum atomic E-state index is -0.602. The molecule has 0 saturated heterocycles. The molecule has 6 heteroatoms. The van der Waals surface area contributed by atoms with Crippen LogP contribution in [0.1, 0.15) is 37.8 Å². The number of hydrogen-bond acceptors (Lipinski definition) is 5. The average molecular weight is 305 g/mol. The molecule has 0 spiro atoms. The number of amides is 1. The smallest absolute Gasteiger partial charge is 0.266 e. The summed E-state index contributed by atoms with van der Waals surface area (Å²) in [6, 6.07) is 6.09. The normalized spacial score (nSPS) is 12.2. The third kappa shape index (κ3) is 4.01. The van der Waals surface area contributed by atoms with Gasteiger partial charge in [0, 0.05) is 0 Å². The van der Waals surface area contributed by atoms with E-state index in [-0.39, 0.29) is 5.91 Å². The maximum atomic E-state index is 12.0. The molecule has 1 aromatic carbocycles. The van der Waals surface area contributed by atoms with Crippen LogP contribution in [0, 0.1) is 6.92 Å². The van der Waals surface area contributed by atoms with Gasteiger partial charge in [-0.1, -0.05) is 37.3 Å². The van der Waals surface area contributed by atoms with E-state index < -0.39 is 6.10 Å². The molecule has 0 aliphatic heterocycles. The molecule has 2 aromatic rings. The minimum Gasteiger partial charge on any atom is -0.481 e. The van der Waals surface area contributed by atoms with E-state index in [1.807, 2.05) is 19.1 Å². The van der Waals surface area contributed by atoms with Gasteiger partial charge in [-0.25, -0.2) is 0 Å². The Balaban J connectivity index is 2.06. The van der Waals surface area contributed by atoms with Crippen LogP contribution in [0.25, 0.3) is 0 Å². The molecule has 0 aliphatic carbocycles. The largest absolute Gasteiger partial charge is 0.481 e. The number of benzene rings is 1. The van der Waals surface area contributed by atoms with E-state index >= 15 is 0 Å². The Bertz CT molecular complexity index is 611. The number of carbonyl (C=O) groups excluding carboxylic acids is 1. The zero-order chi connectivity index (χ0) is 15.4. The first-order valence-corrected chi connectivity index (χ1v) is 7.69. The molecule has 5 nitrogen and oxygen atoms in total. The summed E-state index contributed by atoms with van der Waals surface area (Å²) in [6.07, 6.45) is -0.602. The van der Waals surface area contributed by atoms with Gasteiger partial charge in [-0.2, -0.15) is 0 Å². The van der Waals surface area contributed by atoms with Crippen LogP contribution >= 0.6 is 11.3 Å². The first-order chi connectivity index (χ1) is 9.97. The van der Waals surface area contributed by atoms with E-state index in [9.17, 15) is 4.79 Å². The number of anilines is 1. The van der Waals surface area contributed by atoms with Gasteiger partial charge in [0.1, 0.15) is 11.3 Å². The Kier molecular flexibility index (Phi) is 4.90. The molecule has 1 heterocycles. The maximum Gasteiger partial charge on any atom is 0.266 e. The van der Waals surface area contributed by atoms with Crippen molar-refractivity contribution in [3.63, 3.8) is 0 Å². The predicted molar refractivity (Wildman–Crippen MR) is 83.9 cm³/mol. The van der Waals surface area contributed by atoms with E-state index in [4.69, 9.17) is 4.74 Å². The molecule has 0 aliphatic rings. The summed E-state index contributed by atoms with van der Waals surface area (Å²) in [6.45, 7) is 7.94. The van der Waals surface area contributed by atoms with Crippen LogP contribution < -0.4 is 10.1 Å². The van der Waals surface area contributed by atoms with E-state index in [2.05, 4.69) is 35.4 Å². The fourth-order valence-electron chi connectivity index (χ4n) is 1.78. The summed E-state index contributed by atoms with van der Waals surface area (Å²) in [5, 5.41) is 10.6. The van der Waals surface area contributed by atoms with Crippen LogP contribution in [0.4, 0.5) is 5.13 Å². The summed E-state index contributed by atoms with van der Waals surface area (Å²) in [5.74, 6) is 0.917. The Morgan fingerprint density at radius 3 is 2.71 bits per heavy atom. The minimum absolute atomic E-state index is 0.235. The first kappa shape index (κ1) is 15.4. The molecule has 21 heavy (non-hydrogen) atoms. The van der Waals surface area contributed by atoms with Gasteiger partial charge < -0.3 is 4.74 Å². The van der Waals surface area contributed by atoms with Crippen molar-refractivity contribution in [3.05, 3.63) is 34.8 Å². The number of nitrogens with one attached hydrogen (secondary N) is 1. The number of ether oxygens (including phenoxy) is 1. The highest BCUT2D eigenvalue weighted by Crippen LogP contribution is 2.25. The second-order valence-electron chi connectivity index (χ2n) is 5.17. The van der Waals surface area contributed by atoms with Crippen LogP contribution in [-0.2, 0) is 4.79 Å².